The van der Waals surface area contributed by atoms with Crippen LogP contribution < -0.4 is 5.32 Å². The largest absolute Gasteiger partial charge is 0.416 e. The van der Waals surface area contributed by atoms with Crippen LogP contribution in [-0.2, 0) is 17.5 Å². The molecule has 0 aliphatic carbocycles. The summed E-state index contributed by atoms with van der Waals surface area (Å²) in [5, 5.41) is 2.83. The number of nitrogens with one attached hydrogen (secondary N) is 1. The van der Waals surface area contributed by atoms with Crippen molar-refractivity contribution in [3.8, 4) is 0 Å². The second-order valence-corrected chi connectivity index (χ2v) is 4.26. The molecule has 106 valence electrons. The van der Waals surface area contributed by atoms with Gasteiger partial charge in [-0.1, -0.05) is 18.2 Å². The fourth-order valence-corrected chi connectivity index (χ4v) is 1.70. The molecular formula is C13H17F3N2O. The number of hydrogen-bond acceptors (Lipinski definition) is 2. The maximum absolute atomic E-state index is 12.8. The first-order chi connectivity index (χ1) is 8.86. The topological polar surface area (TPSA) is 32.3 Å². The van der Waals surface area contributed by atoms with E-state index in [1.165, 1.54) is 30.1 Å². The van der Waals surface area contributed by atoms with E-state index in [9.17, 15) is 18.0 Å². The lowest BCUT2D eigenvalue weighted by molar-refractivity contribution is -0.139. The van der Waals surface area contributed by atoms with Gasteiger partial charge in [0.05, 0.1) is 5.56 Å². The molecule has 6 heteroatoms. The quantitative estimate of drug-likeness (QED) is 0.893. The van der Waals surface area contributed by atoms with E-state index in [0.717, 1.165) is 6.07 Å². The van der Waals surface area contributed by atoms with Gasteiger partial charge in [0.2, 0.25) is 5.91 Å². The van der Waals surface area contributed by atoms with Crippen LogP contribution in [0, 0.1) is 0 Å². The average molecular weight is 274 g/mol. The third-order valence-electron chi connectivity index (χ3n) is 2.74. The van der Waals surface area contributed by atoms with Gasteiger partial charge < -0.3 is 10.2 Å². The maximum atomic E-state index is 12.8. The minimum atomic E-state index is -4.40. The van der Waals surface area contributed by atoms with Crippen molar-refractivity contribution in [2.24, 2.45) is 0 Å². The average Bonchev–Trinajstić information content (AvgIpc) is 2.35. The molecule has 0 aliphatic rings. The molecule has 0 unspecified atom stereocenters. The molecule has 0 atom stereocenters. The van der Waals surface area contributed by atoms with Crippen LogP contribution in [0.15, 0.2) is 24.3 Å². The van der Waals surface area contributed by atoms with E-state index >= 15 is 0 Å². The summed E-state index contributed by atoms with van der Waals surface area (Å²) in [6, 6.07) is 5.30. The minimum Gasteiger partial charge on any atom is -0.341 e. The van der Waals surface area contributed by atoms with Gasteiger partial charge in [-0.15, -0.1) is 0 Å². The zero-order valence-electron chi connectivity index (χ0n) is 10.9. The number of carbonyl (C=O) groups excluding carboxylic acids is 1. The Labute approximate surface area is 110 Å². The smallest absolute Gasteiger partial charge is 0.341 e. The number of halogens is 3. The minimum absolute atomic E-state index is 0.0434. The summed E-state index contributed by atoms with van der Waals surface area (Å²) in [7, 11) is 3.22. The van der Waals surface area contributed by atoms with Crippen molar-refractivity contribution >= 4 is 5.91 Å². The summed E-state index contributed by atoms with van der Waals surface area (Å²) >= 11 is 0. The van der Waals surface area contributed by atoms with Crippen LogP contribution >= 0.6 is 0 Å². The molecule has 1 N–H and O–H groups in total. The molecule has 0 saturated carbocycles. The van der Waals surface area contributed by atoms with Crippen molar-refractivity contribution < 1.29 is 18.0 Å². The normalized spacial score (nSPS) is 11.4. The number of nitrogens with zero attached hydrogens (tertiary/aromatic N) is 1. The van der Waals surface area contributed by atoms with Gasteiger partial charge in [-0.3, -0.25) is 4.79 Å². The summed E-state index contributed by atoms with van der Waals surface area (Å²) in [4.78, 5) is 13.0. The molecule has 0 radical (unpaired) electrons. The van der Waals surface area contributed by atoms with Crippen LogP contribution in [0.1, 0.15) is 17.5 Å². The van der Waals surface area contributed by atoms with E-state index in [-0.39, 0.29) is 24.4 Å². The highest BCUT2D eigenvalue weighted by molar-refractivity contribution is 5.76. The second-order valence-electron chi connectivity index (χ2n) is 4.26. The number of rotatable bonds is 5. The first-order valence-corrected chi connectivity index (χ1v) is 5.90. The van der Waals surface area contributed by atoms with Crippen LogP contribution in [0.25, 0.3) is 0 Å². The summed E-state index contributed by atoms with van der Waals surface area (Å²) < 4.78 is 38.4. The van der Waals surface area contributed by atoms with Crippen LogP contribution in [0.2, 0.25) is 0 Å². The van der Waals surface area contributed by atoms with Gasteiger partial charge in [0.1, 0.15) is 0 Å². The molecule has 0 saturated heterocycles. The summed E-state index contributed by atoms with van der Waals surface area (Å²) in [6.45, 7) is 0.461. The number of carbonyl (C=O) groups is 1. The van der Waals surface area contributed by atoms with Gasteiger partial charge in [-0.2, -0.15) is 13.2 Å². The molecule has 0 fully saturated rings. The standard InChI is InChI=1S/C13H17F3N2O/c1-17-8-7-12(19)18(2)9-10-5-3-4-6-11(10)13(14,15)16/h3-6,17H,7-9H2,1-2H3. The van der Waals surface area contributed by atoms with Gasteiger partial charge in [0, 0.05) is 26.6 Å². The highest BCUT2D eigenvalue weighted by atomic mass is 19.4. The first-order valence-electron chi connectivity index (χ1n) is 5.90. The summed E-state index contributed by atoms with van der Waals surface area (Å²) in [5.74, 6) is -0.189. The zero-order valence-corrected chi connectivity index (χ0v) is 10.9. The molecule has 0 spiro atoms. The molecular weight excluding hydrogens is 257 g/mol. The van der Waals surface area contributed by atoms with Crippen LogP contribution in [0.4, 0.5) is 13.2 Å². The Morgan fingerprint density at radius 1 is 1.32 bits per heavy atom. The Morgan fingerprint density at radius 2 is 1.95 bits per heavy atom. The number of hydrogen-bond donors (Lipinski definition) is 1. The van der Waals surface area contributed by atoms with Crippen LogP contribution in [0.5, 0.6) is 0 Å². The molecule has 0 bridgehead atoms. The van der Waals surface area contributed by atoms with Crippen LogP contribution in [-0.4, -0.2) is 31.4 Å². The van der Waals surface area contributed by atoms with Gasteiger partial charge in [-0.25, -0.2) is 0 Å². The van der Waals surface area contributed by atoms with Crippen molar-refractivity contribution in [3.63, 3.8) is 0 Å². The predicted molar refractivity (Wildman–Crippen MR) is 66.5 cm³/mol. The van der Waals surface area contributed by atoms with Crippen molar-refractivity contribution in [1.82, 2.24) is 10.2 Å². The predicted octanol–water partition coefficient (Wildman–Crippen LogP) is 2.27. The third kappa shape index (κ3) is 4.55. The van der Waals surface area contributed by atoms with E-state index in [1.807, 2.05) is 0 Å². The maximum Gasteiger partial charge on any atom is 0.416 e. The molecule has 1 aromatic rings. The lowest BCUT2D eigenvalue weighted by atomic mass is 10.1. The van der Waals surface area contributed by atoms with Gasteiger partial charge in [0.15, 0.2) is 0 Å². The number of alkyl halides is 3. The molecule has 3 nitrogen and oxygen atoms in total. The Balaban J connectivity index is 2.80. The van der Waals surface area contributed by atoms with E-state index in [2.05, 4.69) is 5.32 Å². The fourth-order valence-electron chi connectivity index (χ4n) is 1.70. The third-order valence-corrected chi connectivity index (χ3v) is 2.74. The Morgan fingerprint density at radius 3 is 2.53 bits per heavy atom. The zero-order chi connectivity index (χ0) is 14.5. The summed E-state index contributed by atoms with van der Waals surface area (Å²) in [5.41, 5.74) is -0.585. The van der Waals surface area contributed by atoms with Crippen LogP contribution in [0.3, 0.4) is 0 Å². The first kappa shape index (κ1) is 15.5. The molecule has 1 rings (SSSR count). The number of benzene rings is 1. The molecule has 0 aromatic heterocycles. The monoisotopic (exact) mass is 274 g/mol. The van der Waals surface area contributed by atoms with E-state index in [4.69, 9.17) is 0 Å². The Hall–Kier alpha value is -1.56. The van der Waals surface area contributed by atoms with E-state index < -0.39 is 11.7 Å². The highest BCUT2D eigenvalue weighted by Crippen LogP contribution is 2.32. The Bertz CT molecular complexity index is 432. The lowest BCUT2D eigenvalue weighted by Gasteiger charge is -2.20. The summed E-state index contributed by atoms with van der Waals surface area (Å²) in [6.07, 6.45) is -4.13. The van der Waals surface area contributed by atoms with E-state index in [0.29, 0.717) is 6.54 Å². The molecule has 1 aromatic carbocycles. The van der Waals surface area contributed by atoms with Crippen molar-refractivity contribution in [2.75, 3.05) is 20.6 Å². The Kier molecular flexibility index (Phi) is 5.35. The molecule has 0 heterocycles. The highest BCUT2D eigenvalue weighted by Gasteiger charge is 2.33. The van der Waals surface area contributed by atoms with Crippen molar-refractivity contribution in [3.05, 3.63) is 35.4 Å². The fraction of sp³-hybridized carbons (Fsp3) is 0.462. The SMILES string of the molecule is CNCCC(=O)N(C)Cc1ccccc1C(F)(F)F. The van der Waals surface area contributed by atoms with Gasteiger partial charge in [-0.05, 0) is 18.7 Å². The lowest BCUT2D eigenvalue weighted by Crippen LogP contribution is -2.29. The van der Waals surface area contributed by atoms with Crippen molar-refractivity contribution in [1.29, 1.82) is 0 Å². The molecule has 1 amide bonds. The van der Waals surface area contributed by atoms with Gasteiger partial charge in [0.25, 0.3) is 0 Å². The van der Waals surface area contributed by atoms with E-state index in [1.54, 1.807) is 7.05 Å². The molecule has 0 aliphatic heterocycles. The van der Waals surface area contributed by atoms with Gasteiger partial charge >= 0.3 is 6.18 Å². The second kappa shape index (κ2) is 6.56. The molecule has 19 heavy (non-hydrogen) atoms. The van der Waals surface area contributed by atoms with Crippen molar-refractivity contribution in [2.45, 2.75) is 19.1 Å². The number of amides is 1.